The van der Waals surface area contributed by atoms with Crippen molar-refractivity contribution >= 4 is 41.0 Å². The molecule has 0 spiro atoms. The van der Waals surface area contributed by atoms with Gasteiger partial charge in [-0.25, -0.2) is 4.68 Å². The molecule has 2 aliphatic rings. The molecule has 192 valence electrons. The highest BCUT2D eigenvalue weighted by atomic mass is 32.2. The van der Waals surface area contributed by atoms with Crippen LogP contribution in [0, 0.1) is 5.92 Å². The molecular weight excluding hydrogens is 490 g/mol. The molecule has 0 radical (unpaired) electrons. The van der Waals surface area contributed by atoms with Crippen LogP contribution in [0.4, 0.5) is 11.5 Å². The van der Waals surface area contributed by atoms with E-state index in [-0.39, 0.29) is 30.7 Å². The van der Waals surface area contributed by atoms with Crippen LogP contribution in [0.1, 0.15) is 23.2 Å². The lowest BCUT2D eigenvalue weighted by Crippen LogP contribution is -2.32. The van der Waals surface area contributed by atoms with Crippen molar-refractivity contribution < 1.29 is 19.1 Å². The Morgan fingerprint density at radius 2 is 1.89 bits per heavy atom. The number of ether oxygens (including phenoxy) is 1. The van der Waals surface area contributed by atoms with Crippen LogP contribution >= 0.6 is 11.8 Å². The molecule has 3 amide bonds. The van der Waals surface area contributed by atoms with E-state index >= 15 is 0 Å². The van der Waals surface area contributed by atoms with E-state index < -0.39 is 5.92 Å². The van der Waals surface area contributed by atoms with Crippen molar-refractivity contribution in [2.24, 2.45) is 5.92 Å². The molecule has 0 bridgehead atoms. The van der Waals surface area contributed by atoms with Crippen molar-refractivity contribution in [3.05, 3.63) is 71.4 Å². The van der Waals surface area contributed by atoms with Crippen molar-refractivity contribution in [3.8, 4) is 5.75 Å². The van der Waals surface area contributed by atoms with E-state index in [1.54, 1.807) is 40.6 Å². The van der Waals surface area contributed by atoms with E-state index in [4.69, 9.17) is 4.74 Å². The molecule has 10 heteroatoms. The Kier molecular flexibility index (Phi) is 7.45. The van der Waals surface area contributed by atoms with E-state index in [9.17, 15) is 14.4 Å². The summed E-state index contributed by atoms with van der Waals surface area (Å²) in [4.78, 5) is 40.2. The minimum Gasteiger partial charge on any atom is -0.497 e. The summed E-state index contributed by atoms with van der Waals surface area (Å²) in [5.74, 6) is 1.72. The summed E-state index contributed by atoms with van der Waals surface area (Å²) < 4.78 is 6.77. The average molecular weight is 520 g/mol. The van der Waals surface area contributed by atoms with Crippen LogP contribution in [0.2, 0.25) is 0 Å². The third-order valence-electron chi connectivity index (χ3n) is 6.61. The molecule has 1 unspecified atom stereocenters. The number of fused-ring (bicyclic) bond motifs is 1. The van der Waals surface area contributed by atoms with Gasteiger partial charge < -0.3 is 20.3 Å². The SMILES string of the molecule is COc1ccc(N2CC(C(=O)Nc3c4c(nn3CC(=O)NCCc3ccccc3)CSC4)CC2=O)cc1. The van der Waals surface area contributed by atoms with E-state index in [0.29, 0.717) is 24.7 Å². The average Bonchev–Trinajstić information content (AvgIpc) is 3.61. The Labute approximate surface area is 219 Å². The molecule has 2 N–H and O–H groups in total. The highest BCUT2D eigenvalue weighted by molar-refractivity contribution is 7.98. The molecule has 37 heavy (non-hydrogen) atoms. The fourth-order valence-corrected chi connectivity index (χ4v) is 5.65. The number of rotatable bonds is 9. The second-order valence-electron chi connectivity index (χ2n) is 9.10. The highest BCUT2D eigenvalue weighted by Crippen LogP contribution is 2.35. The number of anilines is 2. The van der Waals surface area contributed by atoms with Crippen molar-refractivity contribution in [1.82, 2.24) is 15.1 Å². The quantitative estimate of drug-likeness (QED) is 0.450. The van der Waals surface area contributed by atoms with Gasteiger partial charge in [0.1, 0.15) is 18.1 Å². The van der Waals surface area contributed by atoms with Gasteiger partial charge in [-0.15, -0.1) is 0 Å². The molecular formula is C27H29N5O4S. The first-order chi connectivity index (χ1) is 18.0. The lowest BCUT2D eigenvalue weighted by molar-refractivity contribution is -0.122. The summed E-state index contributed by atoms with van der Waals surface area (Å²) in [5.41, 5.74) is 3.72. The molecule has 1 aromatic heterocycles. The highest BCUT2D eigenvalue weighted by Gasteiger charge is 2.36. The minimum absolute atomic E-state index is 0.0175. The summed E-state index contributed by atoms with van der Waals surface area (Å²) in [6, 6.07) is 17.2. The number of hydrogen-bond donors (Lipinski definition) is 2. The fourth-order valence-electron chi connectivity index (χ4n) is 4.62. The third-order valence-corrected chi connectivity index (χ3v) is 7.58. The Morgan fingerprint density at radius 3 is 2.65 bits per heavy atom. The van der Waals surface area contributed by atoms with Crippen LogP contribution in [0.3, 0.4) is 0 Å². The van der Waals surface area contributed by atoms with E-state index in [0.717, 1.165) is 40.4 Å². The van der Waals surface area contributed by atoms with Gasteiger partial charge in [-0.1, -0.05) is 30.3 Å². The van der Waals surface area contributed by atoms with Crippen LogP contribution in [-0.4, -0.2) is 47.7 Å². The molecule has 9 nitrogen and oxygen atoms in total. The monoisotopic (exact) mass is 519 g/mol. The van der Waals surface area contributed by atoms with Gasteiger partial charge in [0.2, 0.25) is 17.7 Å². The smallest absolute Gasteiger partial charge is 0.241 e. The van der Waals surface area contributed by atoms with Crippen LogP contribution in [-0.2, 0) is 38.9 Å². The molecule has 1 atom stereocenters. The summed E-state index contributed by atoms with van der Waals surface area (Å²) in [7, 11) is 1.59. The van der Waals surface area contributed by atoms with E-state index in [2.05, 4.69) is 15.7 Å². The van der Waals surface area contributed by atoms with Crippen LogP contribution in [0.15, 0.2) is 54.6 Å². The number of amides is 3. The number of aromatic nitrogens is 2. The lowest BCUT2D eigenvalue weighted by atomic mass is 10.1. The van der Waals surface area contributed by atoms with Crippen molar-refractivity contribution in [3.63, 3.8) is 0 Å². The third kappa shape index (κ3) is 5.64. The zero-order valence-corrected chi connectivity index (χ0v) is 21.4. The van der Waals surface area contributed by atoms with Crippen LogP contribution < -0.4 is 20.3 Å². The van der Waals surface area contributed by atoms with Gasteiger partial charge in [0.25, 0.3) is 0 Å². The van der Waals surface area contributed by atoms with Gasteiger partial charge in [0.15, 0.2) is 0 Å². The molecule has 5 rings (SSSR count). The maximum atomic E-state index is 13.2. The summed E-state index contributed by atoms with van der Waals surface area (Å²) in [5, 5.41) is 10.5. The molecule has 2 aliphatic heterocycles. The molecule has 1 fully saturated rings. The second kappa shape index (κ2) is 11.1. The van der Waals surface area contributed by atoms with Crippen molar-refractivity contribution in [2.75, 3.05) is 30.4 Å². The zero-order chi connectivity index (χ0) is 25.8. The molecule has 3 aromatic rings. The Bertz CT molecular complexity index is 1290. The molecule has 0 aliphatic carbocycles. The van der Waals surface area contributed by atoms with Gasteiger partial charge in [0, 0.05) is 42.3 Å². The Hall–Kier alpha value is -3.79. The molecule has 1 saturated heterocycles. The van der Waals surface area contributed by atoms with E-state index in [1.807, 2.05) is 42.5 Å². The molecule has 2 aromatic carbocycles. The number of carbonyl (C=O) groups is 3. The summed E-state index contributed by atoms with van der Waals surface area (Å²) >= 11 is 1.72. The predicted molar refractivity (Wildman–Crippen MR) is 142 cm³/mol. The van der Waals surface area contributed by atoms with Gasteiger partial charge in [-0.3, -0.25) is 14.4 Å². The van der Waals surface area contributed by atoms with Gasteiger partial charge in [-0.05, 0) is 36.2 Å². The molecule has 0 saturated carbocycles. The number of benzene rings is 2. The van der Waals surface area contributed by atoms with Gasteiger partial charge in [0.05, 0.1) is 18.7 Å². The predicted octanol–water partition coefficient (Wildman–Crippen LogP) is 2.99. The lowest BCUT2D eigenvalue weighted by Gasteiger charge is -2.17. The normalized spacial score (nSPS) is 16.5. The first-order valence-electron chi connectivity index (χ1n) is 12.2. The van der Waals surface area contributed by atoms with Gasteiger partial charge >= 0.3 is 0 Å². The standard InChI is InChI=1S/C27H29N5O4S/c1-36-21-9-7-20(8-10-21)31-14-19(13-25(31)34)27(35)29-26-22-16-37-17-23(22)30-32(26)15-24(33)28-12-11-18-5-3-2-4-6-18/h2-10,19H,11-17H2,1H3,(H,28,33)(H,29,35). The fraction of sp³-hybridized carbons (Fsp3) is 0.333. The second-order valence-corrected chi connectivity index (χ2v) is 10.1. The largest absolute Gasteiger partial charge is 0.497 e. The maximum absolute atomic E-state index is 13.2. The minimum atomic E-state index is -0.498. The van der Waals surface area contributed by atoms with E-state index in [1.165, 1.54) is 0 Å². The van der Waals surface area contributed by atoms with Gasteiger partial charge in [-0.2, -0.15) is 16.9 Å². The number of thioether (sulfide) groups is 1. The Morgan fingerprint density at radius 1 is 1.11 bits per heavy atom. The number of methoxy groups -OCH3 is 1. The summed E-state index contributed by atoms with van der Waals surface area (Å²) in [6.45, 7) is 0.832. The Balaban J connectivity index is 1.22. The summed E-state index contributed by atoms with van der Waals surface area (Å²) in [6.07, 6.45) is 0.867. The first kappa shape index (κ1) is 24.9. The number of nitrogens with zero attached hydrogens (tertiary/aromatic N) is 3. The number of carbonyl (C=O) groups excluding carboxylic acids is 3. The zero-order valence-electron chi connectivity index (χ0n) is 20.6. The molecule has 3 heterocycles. The number of hydrogen-bond acceptors (Lipinski definition) is 6. The van der Waals surface area contributed by atoms with Crippen molar-refractivity contribution in [1.29, 1.82) is 0 Å². The van der Waals surface area contributed by atoms with Crippen LogP contribution in [0.25, 0.3) is 0 Å². The maximum Gasteiger partial charge on any atom is 0.241 e. The first-order valence-corrected chi connectivity index (χ1v) is 13.4. The van der Waals surface area contributed by atoms with Crippen molar-refractivity contribution in [2.45, 2.75) is 30.9 Å². The number of nitrogens with one attached hydrogen (secondary N) is 2. The van der Waals surface area contributed by atoms with Crippen LogP contribution in [0.5, 0.6) is 5.75 Å². The topological polar surface area (TPSA) is 106 Å².